The van der Waals surface area contributed by atoms with E-state index in [1.807, 2.05) is 18.2 Å². The number of halogens is 2. The Kier molecular flexibility index (Phi) is 2.75. The van der Waals surface area contributed by atoms with E-state index in [1.165, 1.54) is 5.56 Å². The second kappa shape index (κ2) is 3.40. The number of hydrogen-bond donors (Lipinski definition) is 0. The number of rotatable bonds is 1. The minimum absolute atomic E-state index is 0.838. The van der Waals surface area contributed by atoms with Crippen LogP contribution in [0, 0.1) is 0 Å². The fraction of sp³-hybridized carbons (Fsp3) is 0.250. The molecule has 54 valence electrons. The molecule has 0 saturated carbocycles. The first-order valence-electron chi connectivity index (χ1n) is 3.18. The smallest absolute Gasteiger partial charge is 0.0579 e. The van der Waals surface area contributed by atoms with Crippen LogP contribution in [0.15, 0.2) is 22.7 Å². The van der Waals surface area contributed by atoms with Crippen molar-refractivity contribution >= 4 is 27.5 Å². The molecule has 1 aromatic rings. The van der Waals surface area contributed by atoms with E-state index in [2.05, 4.69) is 22.9 Å². The van der Waals surface area contributed by atoms with Crippen molar-refractivity contribution in [2.24, 2.45) is 0 Å². The van der Waals surface area contributed by atoms with Crippen LogP contribution in [0.1, 0.15) is 12.5 Å². The number of hydrogen-bond acceptors (Lipinski definition) is 0. The molecule has 1 aromatic carbocycles. The third-order valence-electron chi connectivity index (χ3n) is 1.41. The fourth-order valence-electron chi connectivity index (χ4n) is 0.822. The lowest BCUT2D eigenvalue weighted by molar-refractivity contribution is 1.14. The molecule has 0 atom stereocenters. The van der Waals surface area contributed by atoms with Gasteiger partial charge in [0.05, 0.1) is 5.02 Å². The molecule has 0 fully saturated rings. The highest BCUT2D eigenvalue weighted by Crippen LogP contribution is 2.25. The lowest BCUT2D eigenvalue weighted by Gasteiger charge is -2.00. The van der Waals surface area contributed by atoms with Gasteiger partial charge < -0.3 is 0 Å². The molecule has 0 aliphatic rings. The third kappa shape index (κ3) is 1.53. The summed E-state index contributed by atoms with van der Waals surface area (Å²) in [5, 5.41) is 0.838. The molecule has 0 spiro atoms. The van der Waals surface area contributed by atoms with Gasteiger partial charge in [-0.3, -0.25) is 0 Å². The highest BCUT2D eigenvalue weighted by Gasteiger charge is 1.99. The van der Waals surface area contributed by atoms with Gasteiger partial charge in [-0.2, -0.15) is 0 Å². The van der Waals surface area contributed by atoms with Crippen molar-refractivity contribution in [2.45, 2.75) is 13.3 Å². The molecule has 2 heteroatoms. The Hall–Kier alpha value is -0.0100. The second-order valence-corrected chi connectivity index (χ2v) is 3.30. The van der Waals surface area contributed by atoms with E-state index in [0.29, 0.717) is 0 Å². The van der Waals surface area contributed by atoms with E-state index < -0.39 is 0 Å². The standard InChI is InChI=1S/C8H8BrCl/c1-2-6-4-3-5-7(9)8(6)10/h3-5H,2H2,1H3. The normalized spacial score (nSPS) is 9.90. The van der Waals surface area contributed by atoms with Gasteiger partial charge >= 0.3 is 0 Å². The zero-order valence-corrected chi connectivity index (χ0v) is 8.04. The topological polar surface area (TPSA) is 0 Å². The van der Waals surface area contributed by atoms with Crippen molar-refractivity contribution in [1.82, 2.24) is 0 Å². The van der Waals surface area contributed by atoms with E-state index in [9.17, 15) is 0 Å². The van der Waals surface area contributed by atoms with Crippen LogP contribution in [0.2, 0.25) is 5.02 Å². The maximum absolute atomic E-state index is 5.95. The summed E-state index contributed by atoms with van der Waals surface area (Å²) in [5.74, 6) is 0. The number of aryl methyl sites for hydroxylation is 1. The molecule has 0 amide bonds. The van der Waals surface area contributed by atoms with Crippen molar-refractivity contribution in [3.05, 3.63) is 33.3 Å². The Morgan fingerprint density at radius 2 is 2.20 bits per heavy atom. The monoisotopic (exact) mass is 218 g/mol. The minimum Gasteiger partial charge on any atom is -0.0828 e. The van der Waals surface area contributed by atoms with Crippen molar-refractivity contribution in [2.75, 3.05) is 0 Å². The molecule has 0 bridgehead atoms. The van der Waals surface area contributed by atoms with E-state index in [0.717, 1.165) is 15.9 Å². The first kappa shape index (κ1) is 8.09. The van der Waals surface area contributed by atoms with Gasteiger partial charge in [0, 0.05) is 4.47 Å². The van der Waals surface area contributed by atoms with Crippen molar-refractivity contribution in [1.29, 1.82) is 0 Å². The zero-order chi connectivity index (χ0) is 7.56. The third-order valence-corrected chi connectivity index (χ3v) is 2.75. The van der Waals surface area contributed by atoms with Crippen molar-refractivity contribution < 1.29 is 0 Å². The molecule has 0 nitrogen and oxygen atoms in total. The van der Waals surface area contributed by atoms with Gasteiger partial charge in [0.15, 0.2) is 0 Å². The molecule has 0 aliphatic carbocycles. The SMILES string of the molecule is CCc1cccc(Br)c1Cl. The van der Waals surface area contributed by atoms with E-state index in [-0.39, 0.29) is 0 Å². The first-order valence-corrected chi connectivity index (χ1v) is 4.35. The average molecular weight is 220 g/mol. The van der Waals surface area contributed by atoms with Gasteiger partial charge in [-0.05, 0) is 34.0 Å². The fourth-order valence-corrected chi connectivity index (χ4v) is 1.49. The van der Waals surface area contributed by atoms with Crippen LogP contribution in [0.5, 0.6) is 0 Å². The summed E-state index contributed by atoms with van der Waals surface area (Å²) >= 11 is 9.30. The Morgan fingerprint density at radius 3 is 2.70 bits per heavy atom. The largest absolute Gasteiger partial charge is 0.0828 e. The van der Waals surface area contributed by atoms with Gasteiger partial charge in [0.1, 0.15) is 0 Å². The summed E-state index contributed by atoms with van der Waals surface area (Å²) in [6, 6.07) is 5.98. The highest BCUT2D eigenvalue weighted by molar-refractivity contribution is 9.10. The summed E-state index contributed by atoms with van der Waals surface area (Å²) in [5.41, 5.74) is 1.19. The summed E-state index contributed by atoms with van der Waals surface area (Å²) in [7, 11) is 0. The quantitative estimate of drug-likeness (QED) is 0.676. The first-order chi connectivity index (χ1) is 4.75. The highest BCUT2D eigenvalue weighted by atomic mass is 79.9. The molecule has 0 aromatic heterocycles. The van der Waals surface area contributed by atoms with E-state index in [1.54, 1.807) is 0 Å². The number of benzene rings is 1. The van der Waals surface area contributed by atoms with Crippen LogP contribution < -0.4 is 0 Å². The Morgan fingerprint density at radius 1 is 1.50 bits per heavy atom. The summed E-state index contributed by atoms with van der Waals surface area (Å²) in [6.07, 6.45) is 0.984. The lowest BCUT2D eigenvalue weighted by atomic mass is 10.2. The van der Waals surface area contributed by atoms with Crippen LogP contribution in [0.4, 0.5) is 0 Å². The zero-order valence-electron chi connectivity index (χ0n) is 5.70. The van der Waals surface area contributed by atoms with E-state index >= 15 is 0 Å². The molecule has 10 heavy (non-hydrogen) atoms. The predicted molar refractivity (Wildman–Crippen MR) is 48.5 cm³/mol. The summed E-state index contributed by atoms with van der Waals surface area (Å²) < 4.78 is 0.980. The maximum atomic E-state index is 5.95. The van der Waals surface area contributed by atoms with E-state index in [4.69, 9.17) is 11.6 Å². The molecule has 0 heterocycles. The molecule has 0 saturated heterocycles. The van der Waals surface area contributed by atoms with Crippen LogP contribution in [0.3, 0.4) is 0 Å². The Labute approximate surface area is 74.3 Å². The van der Waals surface area contributed by atoms with Gasteiger partial charge in [-0.25, -0.2) is 0 Å². The van der Waals surface area contributed by atoms with Gasteiger partial charge in [-0.15, -0.1) is 0 Å². The Balaban J connectivity index is 3.14. The summed E-state index contributed by atoms with van der Waals surface area (Å²) in [6.45, 7) is 2.09. The van der Waals surface area contributed by atoms with Gasteiger partial charge in [0.25, 0.3) is 0 Å². The second-order valence-electron chi connectivity index (χ2n) is 2.07. The molecule has 0 N–H and O–H groups in total. The maximum Gasteiger partial charge on any atom is 0.0579 e. The predicted octanol–water partition coefficient (Wildman–Crippen LogP) is 3.66. The summed E-state index contributed by atoms with van der Waals surface area (Å²) in [4.78, 5) is 0. The molecule has 0 aliphatic heterocycles. The van der Waals surface area contributed by atoms with Crippen LogP contribution in [-0.2, 0) is 6.42 Å². The molecule has 1 rings (SSSR count). The van der Waals surface area contributed by atoms with Crippen LogP contribution in [-0.4, -0.2) is 0 Å². The molecular weight excluding hydrogens is 211 g/mol. The van der Waals surface area contributed by atoms with Crippen LogP contribution >= 0.6 is 27.5 Å². The molecule has 0 unspecified atom stereocenters. The van der Waals surface area contributed by atoms with Gasteiger partial charge in [-0.1, -0.05) is 30.7 Å². The van der Waals surface area contributed by atoms with Crippen molar-refractivity contribution in [3.8, 4) is 0 Å². The Bertz CT molecular complexity index is 233. The van der Waals surface area contributed by atoms with Gasteiger partial charge in [0.2, 0.25) is 0 Å². The average Bonchev–Trinajstić information content (AvgIpc) is 1.95. The lowest BCUT2D eigenvalue weighted by Crippen LogP contribution is -1.81. The molecule has 0 radical (unpaired) electrons. The molecular formula is C8H8BrCl. The van der Waals surface area contributed by atoms with Crippen LogP contribution in [0.25, 0.3) is 0 Å². The van der Waals surface area contributed by atoms with Crippen molar-refractivity contribution in [3.63, 3.8) is 0 Å². The minimum atomic E-state index is 0.838.